The Morgan fingerprint density at radius 3 is 2.42 bits per heavy atom. The molecule has 0 N–H and O–H groups in total. The molecule has 0 nitrogen and oxygen atoms in total. The van der Waals surface area contributed by atoms with Crippen LogP contribution >= 0.6 is 38.6 Å². The van der Waals surface area contributed by atoms with Crippen molar-refractivity contribution in [3.05, 3.63) is 57.0 Å². The quantitative estimate of drug-likeness (QED) is 0.480. The Hall–Kier alpha value is -0.710. The first-order chi connectivity index (χ1) is 9.06. The van der Waals surface area contributed by atoms with Crippen LogP contribution in [0.2, 0.25) is 0 Å². The molecular formula is C15H12BrFS2. The van der Waals surface area contributed by atoms with Gasteiger partial charge in [-0.3, -0.25) is 0 Å². The molecule has 3 rings (SSSR count). The highest BCUT2D eigenvalue weighted by atomic mass is 79.9. The first-order valence-electron chi connectivity index (χ1n) is 5.94. The number of fused-ring (bicyclic) bond motifs is 1. The molecule has 1 unspecified atom stereocenters. The van der Waals surface area contributed by atoms with Crippen LogP contribution in [-0.2, 0) is 0 Å². The van der Waals surface area contributed by atoms with E-state index >= 15 is 0 Å². The summed E-state index contributed by atoms with van der Waals surface area (Å²) in [5.41, 5.74) is 3.17. The summed E-state index contributed by atoms with van der Waals surface area (Å²) in [5.74, 6) is -0.161. The van der Waals surface area contributed by atoms with Gasteiger partial charge in [0.25, 0.3) is 0 Å². The molecule has 19 heavy (non-hydrogen) atoms. The maximum Gasteiger partial charge on any atom is 0.123 e. The van der Waals surface area contributed by atoms with Crippen LogP contribution in [0.4, 0.5) is 4.39 Å². The minimum Gasteiger partial charge on any atom is -0.207 e. The molecule has 0 amide bonds. The zero-order valence-electron chi connectivity index (χ0n) is 10.5. The van der Waals surface area contributed by atoms with Gasteiger partial charge in [-0.25, -0.2) is 4.39 Å². The summed E-state index contributed by atoms with van der Waals surface area (Å²) in [6, 6.07) is 7.59. The third-order valence-corrected chi connectivity index (χ3v) is 6.63. The molecule has 0 spiro atoms. The first kappa shape index (κ1) is 13.3. The Balaban J connectivity index is 2.09. The van der Waals surface area contributed by atoms with Gasteiger partial charge in [0.1, 0.15) is 5.82 Å². The molecule has 98 valence electrons. The second-order valence-corrected chi connectivity index (χ2v) is 7.59. The van der Waals surface area contributed by atoms with E-state index in [0.717, 1.165) is 11.1 Å². The molecular weight excluding hydrogens is 343 g/mol. The van der Waals surface area contributed by atoms with E-state index in [1.807, 2.05) is 13.8 Å². The molecule has 3 aromatic rings. The Labute approximate surface area is 128 Å². The van der Waals surface area contributed by atoms with Crippen LogP contribution in [0.1, 0.15) is 26.4 Å². The van der Waals surface area contributed by atoms with Crippen molar-refractivity contribution in [2.75, 3.05) is 0 Å². The highest BCUT2D eigenvalue weighted by molar-refractivity contribution is 9.09. The molecule has 0 saturated carbocycles. The number of aryl methyl sites for hydroxylation is 2. The predicted molar refractivity (Wildman–Crippen MR) is 86.3 cm³/mol. The van der Waals surface area contributed by atoms with Gasteiger partial charge in [0.05, 0.1) is 4.83 Å². The van der Waals surface area contributed by atoms with E-state index in [2.05, 4.69) is 33.4 Å². The third kappa shape index (κ3) is 2.37. The second kappa shape index (κ2) is 5.00. The first-order valence-corrected chi connectivity index (χ1v) is 8.55. The predicted octanol–water partition coefficient (Wildman–Crippen LogP) is 6.20. The van der Waals surface area contributed by atoms with Crippen molar-refractivity contribution in [2.45, 2.75) is 18.7 Å². The van der Waals surface area contributed by atoms with Gasteiger partial charge in [0, 0.05) is 14.3 Å². The van der Waals surface area contributed by atoms with Crippen LogP contribution in [0.15, 0.2) is 29.6 Å². The van der Waals surface area contributed by atoms with Crippen molar-refractivity contribution < 1.29 is 4.39 Å². The van der Waals surface area contributed by atoms with Crippen molar-refractivity contribution in [1.29, 1.82) is 0 Å². The molecule has 0 fully saturated rings. The fourth-order valence-corrected chi connectivity index (χ4v) is 5.62. The average Bonchev–Trinajstić information content (AvgIpc) is 2.86. The fourth-order valence-electron chi connectivity index (χ4n) is 2.37. The minimum absolute atomic E-state index is 0.137. The van der Waals surface area contributed by atoms with E-state index in [0.29, 0.717) is 0 Å². The average molecular weight is 355 g/mol. The maximum absolute atomic E-state index is 13.4. The largest absolute Gasteiger partial charge is 0.207 e. The van der Waals surface area contributed by atoms with Gasteiger partial charge in [0.2, 0.25) is 0 Å². The molecule has 1 aromatic carbocycles. The van der Waals surface area contributed by atoms with Crippen molar-refractivity contribution in [3.8, 4) is 0 Å². The minimum atomic E-state index is -0.161. The molecule has 4 heteroatoms. The molecule has 0 saturated heterocycles. The van der Waals surface area contributed by atoms with Gasteiger partial charge in [-0.1, -0.05) is 15.9 Å². The lowest BCUT2D eigenvalue weighted by atomic mass is 9.99. The number of halogens is 2. The van der Waals surface area contributed by atoms with E-state index in [9.17, 15) is 4.39 Å². The number of alkyl halides is 1. The number of rotatable bonds is 2. The maximum atomic E-state index is 13.4. The molecule has 0 aliphatic carbocycles. The zero-order valence-corrected chi connectivity index (χ0v) is 13.8. The molecule has 0 bridgehead atoms. The normalized spacial score (nSPS) is 13.1. The van der Waals surface area contributed by atoms with Gasteiger partial charge >= 0.3 is 0 Å². The molecule has 0 aliphatic rings. The summed E-state index contributed by atoms with van der Waals surface area (Å²) in [5, 5.41) is 2.11. The van der Waals surface area contributed by atoms with Crippen LogP contribution < -0.4 is 0 Å². The fraction of sp³-hybridized carbons (Fsp3) is 0.200. The Morgan fingerprint density at radius 2 is 1.79 bits per heavy atom. The van der Waals surface area contributed by atoms with Gasteiger partial charge in [0.15, 0.2) is 0 Å². The van der Waals surface area contributed by atoms with Gasteiger partial charge < -0.3 is 0 Å². The summed E-state index contributed by atoms with van der Waals surface area (Å²) < 4.78 is 16.0. The van der Waals surface area contributed by atoms with Crippen LogP contribution in [-0.4, -0.2) is 0 Å². The lowest BCUT2D eigenvalue weighted by molar-refractivity contribution is 0.624. The smallest absolute Gasteiger partial charge is 0.123 e. The third-order valence-electron chi connectivity index (χ3n) is 3.22. The summed E-state index contributed by atoms with van der Waals surface area (Å²) in [6.07, 6.45) is 0. The number of benzene rings is 1. The molecule has 0 aliphatic heterocycles. The summed E-state index contributed by atoms with van der Waals surface area (Å²) in [4.78, 5) is 1.41. The monoisotopic (exact) mass is 354 g/mol. The lowest BCUT2D eigenvalue weighted by Crippen LogP contribution is -1.98. The van der Waals surface area contributed by atoms with Gasteiger partial charge in [-0.2, -0.15) is 0 Å². The molecule has 2 heterocycles. The van der Waals surface area contributed by atoms with E-state index < -0.39 is 0 Å². The Morgan fingerprint density at radius 1 is 1.11 bits per heavy atom. The second-order valence-electron chi connectivity index (χ2n) is 4.61. The number of hydrogen-bond donors (Lipinski definition) is 0. The van der Waals surface area contributed by atoms with Crippen molar-refractivity contribution in [3.63, 3.8) is 0 Å². The van der Waals surface area contributed by atoms with E-state index in [1.165, 1.54) is 19.8 Å². The zero-order chi connectivity index (χ0) is 13.6. The number of thiophene rings is 2. The number of hydrogen-bond acceptors (Lipinski definition) is 2. The van der Waals surface area contributed by atoms with E-state index in [1.54, 1.807) is 34.8 Å². The Bertz CT molecular complexity index is 690. The van der Waals surface area contributed by atoms with E-state index in [4.69, 9.17) is 0 Å². The highest BCUT2D eigenvalue weighted by Gasteiger charge is 2.18. The summed E-state index contributed by atoms with van der Waals surface area (Å²) in [7, 11) is 0. The summed E-state index contributed by atoms with van der Waals surface area (Å²) >= 11 is 7.34. The topological polar surface area (TPSA) is 0 Å². The highest BCUT2D eigenvalue weighted by Crippen LogP contribution is 2.42. The van der Waals surface area contributed by atoms with E-state index in [-0.39, 0.29) is 10.6 Å². The van der Waals surface area contributed by atoms with Crippen molar-refractivity contribution in [2.24, 2.45) is 0 Å². The van der Waals surface area contributed by atoms with Gasteiger partial charge in [-0.05, 0) is 60.2 Å². The van der Waals surface area contributed by atoms with Crippen molar-refractivity contribution in [1.82, 2.24) is 0 Å². The van der Waals surface area contributed by atoms with Crippen LogP contribution in [0, 0.1) is 19.7 Å². The van der Waals surface area contributed by atoms with Crippen LogP contribution in [0.25, 0.3) is 9.40 Å². The molecule has 0 radical (unpaired) electrons. The Kier molecular flexibility index (Phi) is 3.50. The standard InChI is InChI=1S/C15H12BrFS2/c1-8-5-10(17)6-9(2)14(8)15(16)13-7-12-11(19-13)3-4-18-12/h3-7,15H,1-2H3. The lowest BCUT2D eigenvalue weighted by Gasteiger charge is -2.15. The van der Waals surface area contributed by atoms with Crippen LogP contribution in [0.3, 0.4) is 0 Å². The van der Waals surface area contributed by atoms with Crippen LogP contribution in [0.5, 0.6) is 0 Å². The van der Waals surface area contributed by atoms with Gasteiger partial charge in [-0.15, -0.1) is 22.7 Å². The SMILES string of the molecule is Cc1cc(F)cc(C)c1C(Br)c1cc2sccc2s1. The molecule has 2 aromatic heterocycles. The summed E-state index contributed by atoms with van der Waals surface area (Å²) in [6.45, 7) is 3.94. The van der Waals surface area contributed by atoms with Crippen molar-refractivity contribution >= 4 is 48.0 Å². The molecule has 1 atom stereocenters.